The van der Waals surface area contributed by atoms with Crippen molar-refractivity contribution in [3.8, 4) is 0 Å². The van der Waals surface area contributed by atoms with Crippen LogP contribution in [0, 0.1) is 12.8 Å². The van der Waals surface area contributed by atoms with Crippen LogP contribution in [-0.4, -0.2) is 26.8 Å². The van der Waals surface area contributed by atoms with Crippen molar-refractivity contribution in [1.82, 2.24) is 0 Å². The van der Waals surface area contributed by atoms with Gasteiger partial charge >= 0.3 is 0 Å². The zero-order valence-corrected chi connectivity index (χ0v) is 15.0. The molecule has 3 N–H and O–H groups in total. The van der Waals surface area contributed by atoms with Crippen LogP contribution < -0.4 is 15.4 Å². The normalized spacial score (nSPS) is 17.3. The Labute approximate surface area is 151 Å². The monoisotopic (exact) mass is 373 g/mol. The predicted molar refractivity (Wildman–Crippen MR) is 98.1 cm³/mol. The van der Waals surface area contributed by atoms with Crippen molar-refractivity contribution >= 4 is 33.2 Å². The Morgan fingerprint density at radius 3 is 2.27 bits per heavy atom. The van der Waals surface area contributed by atoms with Crippen LogP contribution >= 0.6 is 0 Å². The number of rotatable bonds is 5. The number of primary amides is 1. The lowest BCUT2D eigenvalue weighted by Crippen LogP contribution is -2.28. The number of carbonyl (C=O) groups is 2. The van der Waals surface area contributed by atoms with Crippen LogP contribution in [0.4, 0.5) is 11.4 Å². The van der Waals surface area contributed by atoms with E-state index in [-0.39, 0.29) is 23.8 Å². The molecule has 0 spiro atoms. The topological polar surface area (TPSA) is 110 Å². The highest BCUT2D eigenvalue weighted by molar-refractivity contribution is 7.92. The Kier molecular flexibility index (Phi) is 4.69. The molecule has 1 aliphatic rings. The number of anilines is 2. The number of benzene rings is 2. The first-order valence-electron chi connectivity index (χ1n) is 8.05. The summed E-state index contributed by atoms with van der Waals surface area (Å²) in [6.07, 6.45) is 0.0738. The molecule has 1 fully saturated rings. The lowest BCUT2D eigenvalue weighted by molar-refractivity contribution is -0.123. The molecule has 0 saturated carbocycles. The molecule has 0 unspecified atom stereocenters. The molecule has 2 aromatic rings. The van der Waals surface area contributed by atoms with Crippen molar-refractivity contribution in [2.75, 3.05) is 16.2 Å². The van der Waals surface area contributed by atoms with Gasteiger partial charge in [-0.1, -0.05) is 17.7 Å². The van der Waals surface area contributed by atoms with Gasteiger partial charge in [-0.05, 0) is 43.3 Å². The van der Waals surface area contributed by atoms with Gasteiger partial charge < -0.3 is 10.6 Å². The number of hydrogen-bond acceptors (Lipinski definition) is 4. The molecule has 2 amide bonds. The first kappa shape index (κ1) is 17.9. The van der Waals surface area contributed by atoms with Gasteiger partial charge in [0.2, 0.25) is 11.8 Å². The van der Waals surface area contributed by atoms with E-state index in [0.717, 1.165) is 5.56 Å². The number of sulfonamides is 1. The van der Waals surface area contributed by atoms with Gasteiger partial charge in [0.05, 0.1) is 10.8 Å². The molecular formula is C18H19N3O4S. The fourth-order valence-corrected chi connectivity index (χ4v) is 3.85. The molecule has 8 heteroatoms. The third-order valence-electron chi connectivity index (χ3n) is 4.29. The van der Waals surface area contributed by atoms with Gasteiger partial charge in [0.15, 0.2) is 0 Å². The van der Waals surface area contributed by atoms with Crippen LogP contribution in [0.2, 0.25) is 0 Å². The van der Waals surface area contributed by atoms with Crippen molar-refractivity contribution in [2.45, 2.75) is 18.2 Å². The number of hydrogen-bond donors (Lipinski definition) is 2. The van der Waals surface area contributed by atoms with E-state index < -0.39 is 21.8 Å². The molecule has 7 nitrogen and oxygen atoms in total. The van der Waals surface area contributed by atoms with Crippen molar-refractivity contribution in [1.29, 1.82) is 0 Å². The highest BCUT2D eigenvalue weighted by Crippen LogP contribution is 2.26. The fourth-order valence-electron chi connectivity index (χ4n) is 2.79. The molecule has 0 radical (unpaired) electrons. The highest BCUT2D eigenvalue weighted by atomic mass is 32.2. The lowest BCUT2D eigenvalue weighted by atomic mass is 10.1. The Morgan fingerprint density at radius 2 is 1.73 bits per heavy atom. The van der Waals surface area contributed by atoms with E-state index in [9.17, 15) is 18.0 Å². The molecule has 1 atom stereocenters. The van der Waals surface area contributed by atoms with Crippen LogP contribution in [0.25, 0.3) is 0 Å². The summed E-state index contributed by atoms with van der Waals surface area (Å²) in [7, 11) is -3.73. The molecule has 26 heavy (non-hydrogen) atoms. The third kappa shape index (κ3) is 3.70. The first-order chi connectivity index (χ1) is 12.3. The number of amides is 2. The fraction of sp³-hybridized carbons (Fsp3) is 0.222. The van der Waals surface area contributed by atoms with Crippen molar-refractivity contribution in [3.05, 3.63) is 54.1 Å². The van der Waals surface area contributed by atoms with Crippen LogP contribution in [0.3, 0.4) is 0 Å². The molecule has 0 bridgehead atoms. The molecule has 3 rings (SSSR count). The molecule has 1 saturated heterocycles. The summed E-state index contributed by atoms with van der Waals surface area (Å²) < 4.78 is 27.5. The van der Waals surface area contributed by atoms with Crippen molar-refractivity contribution in [2.24, 2.45) is 11.7 Å². The first-order valence-corrected chi connectivity index (χ1v) is 9.54. The molecule has 2 aromatic carbocycles. The van der Waals surface area contributed by atoms with Gasteiger partial charge in [0, 0.05) is 24.3 Å². The van der Waals surface area contributed by atoms with Crippen molar-refractivity contribution in [3.63, 3.8) is 0 Å². The van der Waals surface area contributed by atoms with Gasteiger partial charge in [0.1, 0.15) is 0 Å². The second-order valence-corrected chi connectivity index (χ2v) is 7.96. The van der Waals surface area contributed by atoms with Gasteiger partial charge in [-0.3, -0.25) is 14.3 Å². The Hall–Kier alpha value is -2.87. The lowest BCUT2D eigenvalue weighted by Gasteiger charge is -2.17. The summed E-state index contributed by atoms with van der Waals surface area (Å²) in [6, 6.07) is 13.0. The van der Waals surface area contributed by atoms with Crippen LogP contribution in [-0.2, 0) is 19.6 Å². The maximum atomic E-state index is 12.5. The zero-order chi connectivity index (χ0) is 18.9. The predicted octanol–water partition coefficient (Wildman–Crippen LogP) is 1.63. The molecule has 0 aliphatic carbocycles. The van der Waals surface area contributed by atoms with E-state index in [0.29, 0.717) is 11.4 Å². The van der Waals surface area contributed by atoms with E-state index in [4.69, 9.17) is 5.73 Å². The average Bonchev–Trinajstić information content (AvgIpc) is 2.99. The summed E-state index contributed by atoms with van der Waals surface area (Å²) >= 11 is 0. The summed E-state index contributed by atoms with van der Waals surface area (Å²) in [4.78, 5) is 24.8. The van der Waals surface area contributed by atoms with Gasteiger partial charge in [0.25, 0.3) is 10.0 Å². The standard InChI is InChI=1S/C18H19N3O4S/c1-12-2-4-14(5-3-12)20-26(24,25)16-8-6-15(7-9-16)21-11-13(18(19)23)10-17(21)22/h2-9,13,20H,10-11H2,1H3,(H2,19,23)/t13-/m0/s1. The van der Waals surface area contributed by atoms with E-state index >= 15 is 0 Å². The Balaban J connectivity index is 1.77. The number of nitrogens with zero attached hydrogens (tertiary/aromatic N) is 1. The van der Waals surface area contributed by atoms with E-state index in [2.05, 4.69) is 4.72 Å². The highest BCUT2D eigenvalue weighted by Gasteiger charge is 2.34. The van der Waals surface area contributed by atoms with Gasteiger partial charge in [-0.2, -0.15) is 0 Å². The maximum Gasteiger partial charge on any atom is 0.261 e. The molecule has 1 aliphatic heterocycles. The minimum atomic E-state index is -3.73. The number of nitrogens with one attached hydrogen (secondary N) is 1. The quantitative estimate of drug-likeness (QED) is 0.830. The van der Waals surface area contributed by atoms with Crippen LogP contribution in [0.5, 0.6) is 0 Å². The Bertz CT molecular complexity index is 937. The molecule has 1 heterocycles. The number of aryl methyl sites for hydroxylation is 1. The smallest absolute Gasteiger partial charge is 0.261 e. The summed E-state index contributed by atoms with van der Waals surface area (Å²) in [5.41, 5.74) is 7.29. The second kappa shape index (κ2) is 6.80. The SMILES string of the molecule is Cc1ccc(NS(=O)(=O)c2ccc(N3C[C@@H](C(N)=O)CC3=O)cc2)cc1. The zero-order valence-electron chi connectivity index (χ0n) is 14.2. The molecule has 0 aromatic heterocycles. The molecule has 136 valence electrons. The van der Waals surface area contributed by atoms with E-state index in [1.165, 1.54) is 17.0 Å². The van der Waals surface area contributed by atoms with E-state index in [1.54, 1.807) is 24.3 Å². The maximum absolute atomic E-state index is 12.5. The van der Waals surface area contributed by atoms with E-state index in [1.807, 2.05) is 19.1 Å². The average molecular weight is 373 g/mol. The summed E-state index contributed by atoms with van der Waals surface area (Å²) in [5, 5.41) is 0. The second-order valence-electron chi connectivity index (χ2n) is 6.27. The molecular weight excluding hydrogens is 354 g/mol. The van der Waals surface area contributed by atoms with Crippen LogP contribution in [0.15, 0.2) is 53.4 Å². The van der Waals surface area contributed by atoms with Gasteiger partial charge in [-0.15, -0.1) is 0 Å². The van der Waals surface area contributed by atoms with Crippen LogP contribution in [0.1, 0.15) is 12.0 Å². The minimum Gasteiger partial charge on any atom is -0.369 e. The third-order valence-corrected chi connectivity index (χ3v) is 5.69. The van der Waals surface area contributed by atoms with Crippen molar-refractivity contribution < 1.29 is 18.0 Å². The summed E-state index contributed by atoms with van der Waals surface area (Å²) in [6.45, 7) is 2.13. The van der Waals surface area contributed by atoms with Gasteiger partial charge in [-0.25, -0.2) is 8.42 Å². The largest absolute Gasteiger partial charge is 0.369 e. The number of carbonyl (C=O) groups excluding carboxylic acids is 2. The number of nitrogens with two attached hydrogens (primary N) is 1. The Morgan fingerprint density at radius 1 is 1.12 bits per heavy atom. The summed E-state index contributed by atoms with van der Waals surface area (Å²) in [5.74, 6) is -1.24. The minimum absolute atomic E-state index is 0.0738.